The fourth-order valence-electron chi connectivity index (χ4n) is 0.647. The Bertz CT molecular complexity index is 230. The van der Waals surface area contributed by atoms with Gasteiger partial charge in [0.15, 0.2) is 0 Å². The molecule has 0 aliphatic carbocycles. The van der Waals surface area contributed by atoms with Crippen LogP contribution in [-0.4, -0.2) is 34.6 Å². The highest BCUT2D eigenvalue weighted by Gasteiger charge is 1.93. The minimum absolute atomic E-state index is 0.365. The fraction of sp³-hybridized carbons (Fsp3) is 0.273. The molecule has 0 bridgehead atoms. The van der Waals surface area contributed by atoms with Gasteiger partial charge in [0.25, 0.3) is 0 Å². The van der Waals surface area contributed by atoms with Crippen molar-refractivity contribution in [3.8, 4) is 0 Å². The maximum Gasteiger partial charge on any atom is 0.100 e. The van der Waals surface area contributed by atoms with Crippen molar-refractivity contribution in [3.63, 3.8) is 0 Å². The molecule has 0 saturated heterocycles. The third-order valence-electron chi connectivity index (χ3n) is 1.46. The molecule has 0 atom stereocenters. The average molecular weight is 196 g/mol. The number of hydrogen-bond acceptors (Lipinski definition) is 3. The second-order valence-electron chi connectivity index (χ2n) is 2.63. The van der Waals surface area contributed by atoms with Gasteiger partial charge in [0, 0.05) is 0 Å². The highest BCUT2D eigenvalue weighted by atomic mass is 16.3. The molecule has 0 unspecified atom stereocenters. The molecule has 1 aromatic carbocycles. The average Bonchev–Trinajstić information content (AvgIpc) is 2.30. The molecular weight excluding hydrogens is 180 g/mol. The van der Waals surface area contributed by atoms with Crippen molar-refractivity contribution in [2.24, 2.45) is 0 Å². The molecule has 1 aromatic rings. The predicted octanol–water partition coefficient (Wildman–Crippen LogP) is 0.661. The monoisotopic (exact) mass is 196 g/mol. The van der Waals surface area contributed by atoms with Crippen molar-refractivity contribution in [2.75, 3.05) is 13.2 Å². The first-order valence-electron chi connectivity index (χ1n) is 4.31. The molecule has 1 rings (SSSR count). The highest BCUT2D eigenvalue weighted by molar-refractivity contribution is 5.45. The molecular formula is C11H16O3. The van der Waals surface area contributed by atoms with E-state index in [1.165, 1.54) is 5.56 Å². The summed E-state index contributed by atoms with van der Waals surface area (Å²) in [6.07, 6.45) is 0.880. The molecule has 0 fully saturated rings. The van der Waals surface area contributed by atoms with Crippen LogP contribution in [0.4, 0.5) is 0 Å². The Kier molecular flexibility index (Phi) is 7.74. The van der Waals surface area contributed by atoms with Gasteiger partial charge in [-0.1, -0.05) is 43.0 Å². The molecule has 0 saturated carbocycles. The van der Waals surface area contributed by atoms with Crippen LogP contribution in [0.25, 0.3) is 6.08 Å². The summed E-state index contributed by atoms with van der Waals surface area (Å²) in [6.45, 7) is 2.90. The molecule has 0 aliphatic heterocycles. The van der Waals surface area contributed by atoms with Crippen LogP contribution < -0.4 is 0 Å². The second kappa shape index (κ2) is 8.44. The largest absolute Gasteiger partial charge is 0.394 e. The molecule has 3 nitrogen and oxygen atoms in total. The van der Waals surface area contributed by atoms with Crippen LogP contribution in [-0.2, 0) is 0 Å². The predicted molar refractivity (Wildman–Crippen MR) is 56.7 cm³/mol. The number of benzene rings is 1. The van der Waals surface area contributed by atoms with Gasteiger partial charge in [-0.3, -0.25) is 0 Å². The number of rotatable bonds is 3. The van der Waals surface area contributed by atoms with Gasteiger partial charge in [-0.15, -0.1) is 0 Å². The number of aliphatic hydroxyl groups excluding tert-OH is 3. The van der Waals surface area contributed by atoms with Crippen molar-refractivity contribution in [1.29, 1.82) is 0 Å². The van der Waals surface area contributed by atoms with Gasteiger partial charge < -0.3 is 15.3 Å². The van der Waals surface area contributed by atoms with Crippen molar-refractivity contribution in [1.82, 2.24) is 0 Å². The Morgan fingerprint density at radius 2 is 1.64 bits per heavy atom. The molecule has 0 aliphatic rings. The van der Waals surface area contributed by atoms with Crippen LogP contribution in [0.2, 0.25) is 0 Å². The quantitative estimate of drug-likeness (QED) is 0.665. The van der Waals surface area contributed by atoms with E-state index >= 15 is 0 Å². The van der Waals surface area contributed by atoms with E-state index in [-0.39, 0.29) is 13.2 Å². The third-order valence-corrected chi connectivity index (χ3v) is 1.46. The van der Waals surface area contributed by atoms with Crippen LogP contribution in [0.1, 0.15) is 5.56 Å². The molecule has 3 N–H and O–H groups in total. The smallest absolute Gasteiger partial charge is 0.100 e. The van der Waals surface area contributed by atoms with E-state index in [4.69, 9.17) is 15.3 Å². The zero-order valence-corrected chi connectivity index (χ0v) is 8.00. The van der Waals surface area contributed by atoms with Crippen LogP contribution in [0.15, 0.2) is 36.9 Å². The topological polar surface area (TPSA) is 60.7 Å². The van der Waals surface area contributed by atoms with Crippen molar-refractivity contribution < 1.29 is 15.3 Å². The minimum atomic E-state index is -0.954. The number of aliphatic hydroxyl groups is 3. The lowest BCUT2D eigenvalue weighted by atomic mass is 10.2. The normalized spacial score (nSPS) is 9.14. The van der Waals surface area contributed by atoms with Crippen LogP contribution in [0.3, 0.4) is 0 Å². The van der Waals surface area contributed by atoms with Gasteiger partial charge in [0.1, 0.15) is 6.10 Å². The Balaban J connectivity index is 0.000000255. The van der Waals surface area contributed by atoms with Gasteiger partial charge in [-0.05, 0) is 5.56 Å². The maximum absolute atomic E-state index is 8.17. The molecule has 0 amide bonds. The van der Waals surface area contributed by atoms with Gasteiger partial charge in [0.05, 0.1) is 13.2 Å². The maximum atomic E-state index is 8.17. The molecule has 0 aromatic heterocycles. The molecule has 14 heavy (non-hydrogen) atoms. The Hall–Kier alpha value is -1.16. The lowest BCUT2D eigenvalue weighted by Gasteiger charge is -1.96. The van der Waals surface area contributed by atoms with E-state index in [1.807, 2.05) is 36.4 Å². The zero-order valence-electron chi connectivity index (χ0n) is 8.00. The summed E-state index contributed by atoms with van der Waals surface area (Å²) in [6, 6.07) is 10.0. The Morgan fingerprint density at radius 1 is 1.14 bits per heavy atom. The summed E-state index contributed by atoms with van der Waals surface area (Å²) in [7, 11) is 0. The molecule has 0 heterocycles. The SMILES string of the molecule is C=Cc1ccccc1.OCC(O)CO. The first kappa shape index (κ1) is 12.8. The molecule has 0 radical (unpaired) electrons. The molecule has 3 heteroatoms. The summed E-state index contributed by atoms with van der Waals surface area (Å²) in [5.74, 6) is 0. The van der Waals surface area contributed by atoms with Crippen LogP contribution in [0, 0.1) is 0 Å². The highest BCUT2D eigenvalue weighted by Crippen LogP contribution is 1.97. The van der Waals surface area contributed by atoms with Crippen LogP contribution in [0.5, 0.6) is 0 Å². The molecule has 0 spiro atoms. The first-order chi connectivity index (χ1) is 6.74. The minimum Gasteiger partial charge on any atom is -0.394 e. The van der Waals surface area contributed by atoms with E-state index in [0.717, 1.165) is 0 Å². The van der Waals surface area contributed by atoms with Gasteiger partial charge >= 0.3 is 0 Å². The first-order valence-corrected chi connectivity index (χ1v) is 4.31. The lowest BCUT2D eigenvalue weighted by Crippen LogP contribution is -2.15. The second-order valence-corrected chi connectivity index (χ2v) is 2.63. The van der Waals surface area contributed by atoms with Gasteiger partial charge in [-0.2, -0.15) is 0 Å². The van der Waals surface area contributed by atoms with E-state index in [0.29, 0.717) is 0 Å². The van der Waals surface area contributed by atoms with E-state index < -0.39 is 6.10 Å². The van der Waals surface area contributed by atoms with E-state index in [2.05, 4.69) is 6.58 Å². The van der Waals surface area contributed by atoms with Crippen LogP contribution >= 0.6 is 0 Å². The standard InChI is InChI=1S/C8H8.C3H8O3/c1-2-8-6-4-3-5-7-8;4-1-3(6)2-5/h2-7H,1H2;3-6H,1-2H2. The van der Waals surface area contributed by atoms with Crippen molar-refractivity contribution in [3.05, 3.63) is 42.5 Å². The fourth-order valence-corrected chi connectivity index (χ4v) is 0.647. The van der Waals surface area contributed by atoms with Gasteiger partial charge in [-0.25, -0.2) is 0 Å². The summed E-state index contributed by atoms with van der Waals surface area (Å²) in [5, 5.41) is 24.0. The molecule has 78 valence electrons. The lowest BCUT2D eigenvalue weighted by molar-refractivity contribution is 0.0450. The van der Waals surface area contributed by atoms with E-state index in [9.17, 15) is 0 Å². The summed E-state index contributed by atoms with van der Waals surface area (Å²) < 4.78 is 0. The Morgan fingerprint density at radius 3 is 1.86 bits per heavy atom. The van der Waals surface area contributed by atoms with Gasteiger partial charge in [0.2, 0.25) is 0 Å². The Labute approximate surface area is 84.0 Å². The summed E-state index contributed by atoms with van der Waals surface area (Å²) in [5.41, 5.74) is 1.17. The van der Waals surface area contributed by atoms with Crippen molar-refractivity contribution in [2.45, 2.75) is 6.10 Å². The summed E-state index contributed by atoms with van der Waals surface area (Å²) >= 11 is 0. The summed E-state index contributed by atoms with van der Waals surface area (Å²) in [4.78, 5) is 0. The van der Waals surface area contributed by atoms with E-state index in [1.54, 1.807) is 0 Å². The number of hydrogen-bond donors (Lipinski definition) is 3. The zero-order chi connectivity index (χ0) is 10.8. The third kappa shape index (κ3) is 6.37. The van der Waals surface area contributed by atoms with Crippen molar-refractivity contribution >= 4 is 6.08 Å².